The van der Waals surface area contributed by atoms with Crippen molar-refractivity contribution in [2.75, 3.05) is 14.2 Å². The third kappa shape index (κ3) is 2.38. The van der Waals surface area contributed by atoms with Gasteiger partial charge in [-0.2, -0.15) is 0 Å². The Kier molecular flexibility index (Phi) is 4.36. The number of benzene rings is 1. The molecule has 0 aromatic heterocycles. The number of nitrogens with one attached hydrogen (secondary N) is 1. The van der Waals surface area contributed by atoms with E-state index >= 15 is 0 Å². The first-order chi connectivity index (χ1) is 7.52. The Bertz CT molecular complexity index is 358. The normalized spacial score (nSPS) is 12.9. The van der Waals surface area contributed by atoms with Crippen LogP contribution >= 0.6 is 0 Å². The van der Waals surface area contributed by atoms with Crippen molar-refractivity contribution in [1.82, 2.24) is 5.32 Å². The summed E-state index contributed by atoms with van der Waals surface area (Å²) in [6.45, 7) is 8.67. The van der Waals surface area contributed by atoms with E-state index in [-0.39, 0.29) is 0 Å². The fraction of sp³-hybridized carbons (Fsp3) is 0.571. The lowest BCUT2D eigenvalue weighted by molar-refractivity contribution is 0.378. The van der Waals surface area contributed by atoms with E-state index in [4.69, 9.17) is 4.74 Å². The van der Waals surface area contributed by atoms with Gasteiger partial charge >= 0.3 is 0 Å². The first-order valence-electron chi connectivity index (χ1n) is 5.84. The minimum Gasteiger partial charge on any atom is -0.496 e. The lowest BCUT2D eigenvalue weighted by atomic mass is 9.92. The molecule has 1 rings (SSSR count). The molecule has 0 saturated heterocycles. The van der Waals surface area contributed by atoms with E-state index in [0.29, 0.717) is 12.0 Å². The van der Waals surface area contributed by atoms with Gasteiger partial charge in [0.05, 0.1) is 7.11 Å². The molecule has 90 valence electrons. The monoisotopic (exact) mass is 221 g/mol. The van der Waals surface area contributed by atoms with E-state index < -0.39 is 0 Å². The van der Waals surface area contributed by atoms with Crippen LogP contribution in [0.4, 0.5) is 0 Å². The Morgan fingerprint density at radius 3 is 2.25 bits per heavy atom. The second-order valence-corrected chi connectivity index (χ2v) is 4.64. The molecule has 0 aliphatic heterocycles. The lowest BCUT2D eigenvalue weighted by Gasteiger charge is -2.24. The summed E-state index contributed by atoms with van der Waals surface area (Å²) in [5, 5.41) is 3.36. The first kappa shape index (κ1) is 13.0. The Hall–Kier alpha value is -1.02. The highest BCUT2D eigenvalue weighted by Crippen LogP contribution is 2.33. The molecule has 2 heteroatoms. The zero-order valence-corrected chi connectivity index (χ0v) is 11.2. The van der Waals surface area contributed by atoms with Gasteiger partial charge in [0, 0.05) is 11.6 Å². The maximum Gasteiger partial charge on any atom is 0.126 e. The maximum atomic E-state index is 5.55. The summed E-state index contributed by atoms with van der Waals surface area (Å²) in [7, 11) is 3.75. The van der Waals surface area contributed by atoms with Crippen LogP contribution in [0.25, 0.3) is 0 Å². The maximum absolute atomic E-state index is 5.55. The van der Waals surface area contributed by atoms with E-state index in [0.717, 1.165) is 5.75 Å². The highest BCUT2D eigenvalue weighted by Gasteiger charge is 2.19. The number of ether oxygens (including phenoxy) is 1. The van der Waals surface area contributed by atoms with Crippen molar-refractivity contribution in [2.45, 2.75) is 33.7 Å². The third-order valence-electron chi connectivity index (χ3n) is 3.22. The SMILES string of the molecule is CNC(c1ccc(C)c(C)c1OC)C(C)C. The predicted molar refractivity (Wildman–Crippen MR) is 69.1 cm³/mol. The number of methoxy groups -OCH3 is 1. The van der Waals surface area contributed by atoms with Gasteiger partial charge in [-0.25, -0.2) is 0 Å². The summed E-state index contributed by atoms with van der Waals surface area (Å²) in [5.74, 6) is 1.56. The molecule has 1 aromatic rings. The van der Waals surface area contributed by atoms with E-state index in [1.54, 1.807) is 7.11 Å². The standard InChI is InChI=1S/C14H23NO/c1-9(2)13(15-5)12-8-7-10(3)11(4)14(12)16-6/h7-9,13,15H,1-6H3. The summed E-state index contributed by atoms with van der Waals surface area (Å²) in [5.41, 5.74) is 3.77. The van der Waals surface area contributed by atoms with Crippen LogP contribution in [-0.2, 0) is 0 Å². The van der Waals surface area contributed by atoms with E-state index in [9.17, 15) is 0 Å². The predicted octanol–water partition coefficient (Wildman–Crippen LogP) is 3.23. The van der Waals surface area contributed by atoms with Gasteiger partial charge in [0.2, 0.25) is 0 Å². The summed E-state index contributed by atoms with van der Waals surface area (Å²) in [6, 6.07) is 4.68. The number of rotatable bonds is 4. The van der Waals surface area contributed by atoms with Gasteiger partial charge in [-0.15, -0.1) is 0 Å². The Morgan fingerprint density at radius 1 is 1.19 bits per heavy atom. The van der Waals surface area contributed by atoms with Gasteiger partial charge in [0.1, 0.15) is 5.75 Å². The zero-order valence-electron chi connectivity index (χ0n) is 11.2. The number of aryl methyl sites for hydroxylation is 1. The molecular weight excluding hydrogens is 198 g/mol. The Morgan fingerprint density at radius 2 is 1.81 bits per heavy atom. The van der Waals surface area contributed by atoms with Crippen molar-refractivity contribution in [3.05, 3.63) is 28.8 Å². The van der Waals surface area contributed by atoms with Crippen LogP contribution in [0.15, 0.2) is 12.1 Å². The van der Waals surface area contributed by atoms with Crippen molar-refractivity contribution >= 4 is 0 Å². The minimum atomic E-state index is 0.342. The van der Waals surface area contributed by atoms with Crippen molar-refractivity contribution in [3.8, 4) is 5.75 Å². The van der Waals surface area contributed by atoms with Gasteiger partial charge < -0.3 is 10.1 Å². The second-order valence-electron chi connectivity index (χ2n) is 4.64. The number of hydrogen-bond acceptors (Lipinski definition) is 2. The molecule has 0 fully saturated rings. The van der Waals surface area contributed by atoms with Crippen molar-refractivity contribution in [3.63, 3.8) is 0 Å². The summed E-state index contributed by atoms with van der Waals surface area (Å²) < 4.78 is 5.55. The fourth-order valence-electron chi connectivity index (χ4n) is 2.17. The molecule has 1 aromatic carbocycles. The smallest absolute Gasteiger partial charge is 0.126 e. The zero-order chi connectivity index (χ0) is 12.3. The molecule has 0 spiro atoms. The molecule has 0 bridgehead atoms. The number of hydrogen-bond donors (Lipinski definition) is 1. The fourth-order valence-corrected chi connectivity index (χ4v) is 2.17. The molecule has 0 aliphatic rings. The highest BCUT2D eigenvalue weighted by atomic mass is 16.5. The molecule has 0 saturated carbocycles. The van der Waals surface area contributed by atoms with Gasteiger partial charge in [-0.05, 0) is 37.9 Å². The van der Waals surface area contributed by atoms with Crippen LogP contribution in [0.1, 0.15) is 36.6 Å². The minimum absolute atomic E-state index is 0.342. The van der Waals surface area contributed by atoms with Crippen LogP contribution in [0.2, 0.25) is 0 Å². The lowest BCUT2D eigenvalue weighted by Crippen LogP contribution is -2.22. The molecule has 1 atom stereocenters. The molecule has 0 amide bonds. The van der Waals surface area contributed by atoms with Gasteiger partial charge in [0.25, 0.3) is 0 Å². The van der Waals surface area contributed by atoms with Crippen LogP contribution in [0, 0.1) is 19.8 Å². The van der Waals surface area contributed by atoms with Gasteiger partial charge in [-0.1, -0.05) is 26.0 Å². The molecule has 16 heavy (non-hydrogen) atoms. The topological polar surface area (TPSA) is 21.3 Å². The average Bonchev–Trinajstić information content (AvgIpc) is 2.24. The van der Waals surface area contributed by atoms with Crippen molar-refractivity contribution in [2.24, 2.45) is 5.92 Å². The highest BCUT2D eigenvalue weighted by molar-refractivity contribution is 5.46. The second kappa shape index (κ2) is 5.35. The van der Waals surface area contributed by atoms with E-state index in [1.165, 1.54) is 16.7 Å². The van der Waals surface area contributed by atoms with Crippen molar-refractivity contribution < 1.29 is 4.74 Å². The summed E-state index contributed by atoms with van der Waals surface area (Å²) >= 11 is 0. The van der Waals surface area contributed by atoms with Crippen molar-refractivity contribution in [1.29, 1.82) is 0 Å². The molecule has 1 unspecified atom stereocenters. The molecular formula is C14H23NO. The van der Waals surface area contributed by atoms with Crippen LogP contribution in [-0.4, -0.2) is 14.2 Å². The molecule has 0 heterocycles. The molecule has 0 aliphatic carbocycles. The molecule has 0 radical (unpaired) electrons. The quantitative estimate of drug-likeness (QED) is 0.843. The van der Waals surface area contributed by atoms with Crippen LogP contribution in [0.3, 0.4) is 0 Å². The van der Waals surface area contributed by atoms with Crippen LogP contribution in [0.5, 0.6) is 5.75 Å². The molecule has 1 N–H and O–H groups in total. The summed E-state index contributed by atoms with van der Waals surface area (Å²) in [6.07, 6.45) is 0. The van der Waals surface area contributed by atoms with Gasteiger partial charge in [-0.3, -0.25) is 0 Å². The van der Waals surface area contributed by atoms with E-state index in [1.807, 2.05) is 7.05 Å². The van der Waals surface area contributed by atoms with Gasteiger partial charge in [0.15, 0.2) is 0 Å². The van der Waals surface area contributed by atoms with Crippen LogP contribution < -0.4 is 10.1 Å². The molecule has 2 nitrogen and oxygen atoms in total. The van der Waals surface area contributed by atoms with E-state index in [2.05, 4.69) is 45.1 Å². The average molecular weight is 221 g/mol. The summed E-state index contributed by atoms with van der Waals surface area (Å²) in [4.78, 5) is 0. The Balaban J connectivity index is 3.27. The third-order valence-corrected chi connectivity index (χ3v) is 3.22. The largest absolute Gasteiger partial charge is 0.496 e. The Labute approximate surface area is 99.0 Å². The first-order valence-corrected chi connectivity index (χ1v) is 5.84.